The van der Waals surface area contributed by atoms with Crippen LogP contribution < -0.4 is 14.8 Å². The molecule has 0 saturated carbocycles. The highest BCUT2D eigenvalue weighted by molar-refractivity contribution is 9.10. The number of carbonyl (C=O) groups is 1. The molecule has 0 fully saturated rings. The first kappa shape index (κ1) is 12.9. The summed E-state index contributed by atoms with van der Waals surface area (Å²) >= 11 is 3.34. The number of anilines is 1. The van der Waals surface area contributed by atoms with Crippen LogP contribution in [0.4, 0.5) is 5.82 Å². The third-order valence-corrected chi connectivity index (χ3v) is 3.44. The van der Waals surface area contributed by atoms with Crippen molar-refractivity contribution in [1.82, 2.24) is 4.98 Å². The van der Waals surface area contributed by atoms with Crippen LogP contribution in [0.25, 0.3) is 0 Å². The fourth-order valence-corrected chi connectivity index (χ4v) is 2.26. The summed E-state index contributed by atoms with van der Waals surface area (Å²) in [5.41, 5.74) is 0.430. The Morgan fingerprint density at radius 1 is 1.20 bits per heavy atom. The van der Waals surface area contributed by atoms with Gasteiger partial charge in [-0.3, -0.25) is 4.79 Å². The van der Waals surface area contributed by atoms with Crippen LogP contribution in [0.3, 0.4) is 0 Å². The zero-order chi connectivity index (χ0) is 13.9. The van der Waals surface area contributed by atoms with Gasteiger partial charge in [-0.25, -0.2) is 4.98 Å². The highest BCUT2D eigenvalue weighted by Gasteiger charge is 2.20. The number of fused-ring (bicyclic) bond motifs is 1. The second-order valence-electron chi connectivity index (χ2n) is 4.12. The Bertz CT molecular complexity index is 661. The van der Waals surface area contributed by atoms with Gasteiger partial charge in [0.2, 0.25) is 0 Å². The molecule has 1 amide bonds. The van der Waals surface area contributed by atoms with Crippen LogP contribution in [0.2, 0.25) is 0 Å². The summed E-state index contributed by atoms with van der Waals surface area (Å²) in [6.07, 6.45) is 1.61. The zero-order valence-corrected chi connectivity index (χ0v) is 12.0. The van der Waals surface area contributed by atoms with E-state index in [4.69, 9.17) is 9.47 Å². The number of aromatic nitrogens is 1. The molecule has 1 aliphatic rings. The first-order chi connectivity index (χ1) is 9.75. The van der Waals surface area contributed by atoms with Crippen molar-refractivity contribution in [2.24, 2.45) is 0 Å². The predicted octanol–water partition coefficient (Wildman–Crippen LogP) is 2.87. The molecule has 2 heterocycles. The van der Waals surface area contributed by atoms with Crippen LogP contribution in [0, 0.1) is 0 Å². The van der Waals surface area contributed by atoms with Gasteiger partial charge in [0.25, 0.3) is 5.91 Å². The molecule has 20 heavy (non-hydrogen) atoms. The van der Waals surface area contributed by atoms with Crippen molar-refractivity contribution in [2.75, 3.05) is 18.5 Å². The van der Waals surface area contributed by atoms with Gasteiger partial charge in [0.15, 0.2) is 11.5 Å². The minimum Gasteiger partial charge on any atom is -0.486 e. The first-order valence-electron chi connectivity index (χ1n) is 6.06. The van der Waals surface area contributed by atoms with E-state index in [2.05, 4.69) is 26.2 Å². The lowest BCUT2D eigenvalue weighted by molar-refractivity contribution is 0.101. The van der Waals surface area contributed by atoms with Crippen molar-refractivity contribution in [3.05, 3.63) is 46.6 Å². The molecule has 5 nitrogen and oxygen atoms in total. The summed E-state index contributed by atoms with van der Waals surface area (Å²) < 4.78 is 11.7. The van der Waals surface area contributed by atoms with E-state index < -0.39 is 0 Å². The monoisotopic (exact) mass is 334 g/mol. The van der Waals surface area contributed by atoms with Gasteiger partial charge in [-0.15, -0.1) is 0 Å². The molecule has 6 heteroatoms. The third kappa shape index (κ3) is 2.46. The summed E-state index contributed by atoms with van der Waals surface area (Å²) in [6, 6.07) is 8.82. The molecule has 2 aromatic rings. The van der Waals surface area contributed by atoms with Crippen molar-refractivity contribution >= 4 is 27.7 Å². The Morgan fingerprint density at radius 3 is 2.90 bits per heavy atom. The van der Waals surface area contributed by atoms with Crippen LogP contribution >= 0.6 is 15.9 Å². The van der Waals surface area contributed by atoms with Crippen molar-refractivity contribution < 1.29 is 14.3 Å². The van der Waals surface area contributed by atoms with Crippen molar-refractivity contribution in [2.45, 2.75) is 0 Å². The molecule has 0 saturated heterocycles. The molecule has 3 rings (SSSR count). The Hall–Kier alpha value is -2.08. The number of nitrogens with one attached hydrogen (secondary N) is 1. The number of hydrogen-bond acceptors (Lipinski definition) is 4. The number of benzene rings is 1. The average molecular weight is 335 g/mol. The lowest BCUT2D eigenvalue weighted by Crippen LogP contribution is -2.20. The molecule has 1 aromatic heterocycles. The molecule has 102 valence electrons. The van der Waals surface area contributed by atoms with E-state index in [-0.39, 0.29) is 5.91 Å². The minimum atomic E-state index is -0.285. The summed E-state index contributed by atoms with van der Waals surface area (Å²) in [6.45, 7) is 0.925. The number of amides is 1. The number of halogens is 1. The molecular weight excluding hydrogens is 324 g/mol. The molecule has 1 aliphatic heterocycles. The summed E-state index contributed by atoms with van der Waals surface area (Å²) in [5.74, 6) is 1.24. The standard InChI is InChI=1S/C14H11BrN2O3/c15-10-4-2-6-16-13(10)17-14(18)9-3-1-5-11-12(9)20-8-7-19-11/h1-6H,7-8H2,(H,16,17,18). The number of carbonyl (C=O) groups excluding carboxylic acids is 1. The van der Waals surface area contributed by atoms with Gasteiger partial charge in [-0.05, 0) is 40.2 Å². The Labute approximate surface area is 124 Å². The van der Waals surface area contributed by atoms with E-state index in [9.17, 15) is 4.79 Å². The van der Waals surface area contributed by atoms with Crippen molar-refractivity contribution in [3.63, 3.8) is 0 Å². The molecule has 1 aromatic carbocycles. The number of ether oxygens (including phenoxy) is 2. The van der Waals surface area contributed by atoms with Crippen molar-refractivity contribution in [3.8, 4) is 11.5 Å². The Balaban J connectivity index is 1.90. The predicted molar refractivity (Wildman–Crippen MR) is 77.3 cm³/mol. The van der Waals surface area contributed by atoms with Crippen molar-refractivity contribution in [1.29, 1.82) is 0 Å². The van der Waals surface area contributed by atoms with Gasteiger partial charge in [-0.2, -0.15) is 0 Å². The SMILES string of the molecule is O=C(Nc1ncccc1Br)c1cccc2c1OCCO2. The molecule has 0 aliphatic carbocycles. The summed E-state index contributed by atoms with van der Waals surface area (Å²) in [4.78, 5) is 16.4. The summed E-state index contributed by atoms with van der Waals surface area (Å²) in [7, 11) is 0. The van der Waals surface area contributed by atoms with Gasteiger partial charge in [0, 0.05) is 6.20 Å². The highest BCUT2D eigenvalue weighted by atomic mass is 79.9. The maximum absolute atomic E-state index is 12.3. The van der Waals surface area contributed by atoms with Gasteiger partial charge in [0.05, 0.1) is 10.0 Å². The fraction of sp³-hybridized carbons (Fsp3) is 0.143. The van der Waals surface area contributed by atoms with Gasteiger partial charge in [0.1, 0.15) is 19.0 Å². The third-order valence-electron chi connectivity index (χ3n) is 2.80. The van der Waals surface area contributed by atoms with E-state index in [1.54, 1.807) is 30.5 Å². The largest absolute Gasteiger partial charge is 0.486 e. The number of nitrogens with zero attached hydrogens (tertiary/aromatic N) is 1. The molecular formula is C14H11BrN2O3. The Kier molecular flexibility index (Phi) is 3.56. The van der Waals surface area contributed by atoms with Crippen LogP contribution in [0.15, 0.2) is 41.0 Å². The van der Waals surface area contributed by atoms with E-state index in [1.807, 2.05) is 6.07 Å². The molecule has 1 N–H and O–H groups in total. The Morgan fingerprint density at radius 2 is 2.05 bits per heavy atom. The topological polar surface area (TPSA) is 60.5 Å². The first-order valence-corrected chi connectivity index (χ1v) is 6.85. The van der Waals surface area contributed by atoms with E-state index in [0.717, 1.165) is 4.47 Å². The molecule has 0 atom stereocenters. The quantitative estimate of drug-likeness (QED) is 0.917. The second-order valence-corrected chi connectivity index (χ2v) is 4.97. The normalized spacial score (nSPS) is 12.8. The number of pyridine rings is 1. The lowest BCUT2D eigenvalue weighted by Gasteiger charge is -2.20. The van der Waals surface area contributed by atoms with E-state index in [1.165, 1.54) is 0 Å². The van der Waals surface area contributed by atoms with Gasteiger partial charge < -0.3 is 14.8 Å². The number of hydrogen-bond donors (Lipinski definition) is 1. The van der Waals surface area contributed by atoms with Gasteiger partial charge in [-0.1, -0.05) is 6.07 Å². The number of rotatable bonds is 2. The van der Waals surface area contributed by atoms with E-state index in [0.29, 0.717) is 36.1 Å². The minimum absolute atomic E-state index is 0.285. The maximum Gasteiger partial charge on any atom is 0.260 e. The molecule has 0 spiro atoms. The smallest absolute Gasteiger partial charge is 0.260 e. The molecule has 0 bridgehead atoms. The lowest BCUT2D eigenvalue weighted by atomic mass is 10.1. The number of para-hydroxylation sites is 1. The van der Waals surface area contributed by atoms with Crippen LogP contribution in [-0.4, -0.2) is 24.1 Å². The maximum atomic E-state index is 12.3. The summed E-state index contributed by atoms with van der Waals surface area (Å²) in [5, 5.41) is 2.74. The van der Waals surface area contributed by atoms with Crippen LogP contribution in [-0.2, 0) is 0 Å². The zero-order valence-electron chi connectivity index (χ0n) is 10.4. The fourth-order valence-electron chi connectivity index (χ4n) is 1.91. The molecule has 0 radical (unpaired) electrons. The second kappa shape index (κ2) is 5.50. The molecule has 0 unspecified atom stereocenters. The highest BCUT2D eigenvalue weighted by Crippen LogP contribution is 2.34. The average Bonchev–Trinajstić information content (AvgIpc) is 2.49. The van der Waals surface area contributed by atoms with Gasteiger partial charge >= 0.3 is 0 Å². The van der Waals surface area contributed by atoms with E-state index >= 15 is 0 Å². The van der Waals surface area contributed by atoms with Crippen LogP contribution in [0.1, 0.15) is 10.4 Å². The van der Waals surface area contributed by atoms with Crippen LogP contribution in [0.5, 0.6) is 11.5 Å².